The molecule has 1 saturated carbocycles. The standard InChI is InChI=1S/C10H14/c1-2-3-9-6-8-4-5-10(9)7-8/h2-3,8H,4-7H2,1H3/b3-2-. The first kappa shape index (κ1) is 6.21. The fourth-order valence-corrected chi connectivity index (χ4v) is 2.24. The van der Waals surface area contributed by atoms with Gasteiger partial charge in [0.25, 0.3) is 0 Å². The van der Waals surface area contributed by atoms with Gasteiger partial charge in [0.1, 0.15) is 0 Å². The van der Waals surface area contributed by atoms with Crippen LogP contribution in [-0.2, 0) is 0 Å². The van der Waals surface area contributed by atoms with Crippen molar-refractivity contribution in [3.8, 4) is 0 Å². The molecule has 0 aromatic rings. The molecule has 2 aliphatic rings. The highest BCUT2D eigenvalue weighted by Crippen LogP contribution is 2.44. The summed E-state index contributed by atoms with van der Waals surface area (Å²) in [6.45, 7) is 2.11. The van der Waals surface area contributed by atoms with E-state index in [0.717, 1.165) is 5.92 Å². The summed E-state index contributed by atoms with van der Waals surface area (Å²) in [7, 11) is 0. The van der Waals surface area contributed by atoms with Crippen molar-refractivity contribution in [3.63, 3.8) is 0 Å². The third-order valence-corrected chi connectivity index (χ3v) is 2.72. The van der Waals surface area contributed by atoms with Gasteiger partial charge in [-0.2, -0.15) is 0 Å². The van der Waals surface area contributed by atoms with E-state index in [1.165, 1.54) is 25.7 Å². The van der Waals surface area contributed by atoms with Crippen LogP contribution in [0.3, 0.4) is 0 Å². The Hall–Kier alpha value is -0.520. The fourth-order valence-electron chi connectivity index (χ4n) is 2.24. The molecule has 0 N–H and O–H groups in total. The second kappa shape index (κ2) is 2.26. The van der Waals surface area contributed by atoms with E-state index in [4.69, 9.17) is 0 Å². The highest BCUT2D eigenvalue weighted by molar-refractivity contribution is 5.33. The lowest BCUT2D eigenvalue weighted by Gasteiger charge is -2.06. The van der Waals surface area contributed by atoms with Gasteiger partial charge < -0.3 is 0 Å². The Morgan fingerprint density at radius 3 is 2.80 bits per heavy atom. The summed E-state index contributed by atoms with van der Waals surface area (Å²) in [5.41, 5.74) is 3.40. The lowest BCUT2D eigenvalue weighted by Crippen LogP contribution is -1.91. The monoisotopic (exact) mass is 134 g/mol. The van der Waals surface area contributed by atoms with E-state index in [2.05, 4.69) is 19.1 Å². The van der Waals surface area contributed by atoms with Gasteiger partial charge in [-0.15, -0.1) is 0 Å². The van der Waals surface area contributed by atoms with Gasteiger partial charge in [-0.25, -0.2) is 0 Å². The molecule has 0 heteroatoms. The molecular formula is C10H14. The number of rotatable bonds is 1. The summed E-state index contributed by atoms with van der Waals surface area (Å²) in [4.78, 5) is 0. The molecule has 0 radical (unpaired) electrons. The summed E-state index contributed by atoms with van der Waals surface area (Å²) in [5, 5.41) is 0. The second-order valence-corrected chi connectivity index (χ2v) is 3.44. The van der Waals surface area contributed by atoms with Crippen molar-refractivity contribution in [2.75, 3.05) is 0 Å². The zero-order valence-electron chi connectivity index (χ0n) is 6.56. The first-order valence-corrected chi connectivity index (χ1v) is 4.23. The molecular weight excluding hydrogens is 120 g/mol. The van der Waals surface area contributed by atoms with Gasteiger partial charge in [0.2, 0.25) is 0 Å². The lowest BCUT2D eigenvalue weighted by molar-refractivity contribution is 0.567. The van der Waals surface area contributed by atoms with Crippen molar-refractivity contribution in [1.82, 2.24) is 0 Å². The van der Waals surface area contributed by atoms with E-state index >= 15 is 0 Å². The first-order chi connectivity index (χ1) is 4.90. The third-order valence-electron chi connectivity index (χ3n) is 2.72. The van der Waals surface area contributed by atoms with Gasteiger partial charge in [-0.1, -0.05) is 17.7 Å². The van der Waals surface area contributed by atoms with E-state index in [9.17, 15) is 0 Å². The molecule has 0 aromatic carbocycles. The highest BCUT2D eigenvalue weighted by atomic mass is 14.3. The predicted molar refractivity (Wildman–Crippen MR) is 43.8 cm³/mol. The summed E-state index contributed by atoms with van der Waals surface area (Å²) >= 11 is 0. The maximum absolute atomic E-state index is 2.30. The molecule has 0 heterocycles. The minimum atomic E-state index is 1.03. The molecule has 2 bridgehead atoms. The Morgan fingerprint density at radius 1 is 1.40 bits per heavy atom. The van der Waals surface area contributed by atoms with Crippen LogP contribution in [0.5, 0.6) is 0 Å². The topological polar surface area (TPSA) is 0 Å². The summed E-state index contributed by atoms with van der Waals surface area (Å²) in [5.74, 6) is 1.03. The van der Waals surface area contributed by atoms with Gasteiger partial charge in [-0.05, 0) is 44.1 Å². The third kappa shape index (κ3) is 0.828. The van der Waals surface area contributed by atoms with Crippen LogP contribution in [-0.4, -0.2) is 0 Å². The molecule has 1 atom stereocenters. The largest absolute Gasteiger partial charge is 0.0874 e. The van der Waals surface area contributed by atoms with Crippen LogP contribution in [0.2, 0.25) is 0 Å². The average Bonchev–Trinajstić information content (AvgIpc) is 2.48. The number of hydrogen-bond donors (Lipinski definition) is 0. The molecule has 1 unspecified atom stereocenters. The Bertz CT molecular complexity index is 196. The van der Waals surface area contributed by atoms with Crippen molar-refractivity contribution in [2.45, 2.75) is 32.6 Å². The van der Waals surface area contributed by atoms with Crippen molar-refractivity contribution >= 4 is 0 Å². The van der Waals surface area contributed by atoms with Gasteiger partial charge in [0.15, 0.2) is 0 Å². The molecule has 0 saturated heterocycles. The van der Waals surface area contributed by atoms with Gasteiger partial charge in [0.05, 0.1) is 0 Å². The van der Waals surface area contributed by atoms with Gasteiger partial charge in [0, 0.05) is 0 Å². The van der Waals surface area contributed by atoms with Crippen LogP contribution >= 0.6 is 0 Å². The van der Waals surface area contributed by atoms with Gasteiger partial charge in [-0.3, -0.25) is 0 Å². The molecule has 2 aliphatic carbocycles. The zero-order valence-corrected chi connectivity index (χ0v) is 6.56. The lowest BCUT2D eigenvalue weighted by atomic mass is 9.99. The van der Waals surface area contributed by atoms with Crippen LogP contribution in [0, 0.1) is 5.92 Å². The minimum absolute atomic E-state index is 1.03. The van der Waals surface area contributed by atoms with Crippen molar-refractivity contribution in [3.05, 3.63) is 23.3 Å². The molecule has 0 nitrogen and oxygen atoms in total. The maximum Gasteiger partial charge on any atom is -0.0248 e. The molecule has 1 fully saturated rings. The first-order valence-electron chi connectivity index (χ1n) is 4.23. The summed E-state index contributed by atoms with van der Waals surface area (Å²) < 4.78 is 0. The quantitative estimate of drug-likeness (QED) is 0.517. The summed E-state index contributed by atoms with van der Waals surface area (Å²) in [6.07, 6.45) is 10.1. The van der Waals surface area contributed by atoms with Crippen LogP contribution in [0.4, 0.5) is 0 Å². The van der Waals surface area contributed by atoms with Gasteiger partial charge >= 0.3 is 0 Å². The van der Waals surface area contributed by atoms with E-state index in [0.29, 0.717) is 0 Å². The van der Waals surface area contributed by atoms with Crippen LogP contribution < -0.4 is 0 Å². The number of hydrogen-bond acceptors (Lipinski definition) is 0. The Balaban J connectivity index is 2.22. The number of allylic oxidation sites excluding steroid dienone is 4. The van der Waals surface area contributed by atoms with Crippen molar-refractivity contribution in [2.24, 2.45) is 5.92 Å². The van der Waals surface area contributed by atoms with E-state index in [1.54, 1.807) is 11.1 Å². The normalized spacial score (nSPS) is 31.1. The van der Waals surface area contributed by atoms with Crippen LogP contribution in [0.1, 0.15) is 32.6 Å². The predicted octanol–water partition coefficient (Wildman–Crippen LogP) is 3.06. The maximum atomic E-state index is 2.30. The van der Waals surface area contributed by atoms with Crippen molar-refractivity contribution in [1.29, 1.82) is 0 Å². The highest BCUT2D eigenvalue weighted by Gasteiger charge is 2.28. The smallest absolute Gasteiger partial charge is 0.0248 e. The van der Waals surface area contributed by atoms with E-state index in [-0.39, 0.29) is 0 Å². The molecule has 0 amide bonds. The fraction of sp³-hybridized carbons (Fsp3) is 0.600. The number of fused-ring (bicyclic) bond motifs is 2. The molecule has 2 rings (SSSR count). The average molecular weight is 134 g/mol. The Morgan fingerprint density at radius 2 is 2.30 bits per heavy atom. The second-order valence-electron chi connectivity index (χ2n) is 3.44. The zero-order chi connectivity index (χ0) is 6.97. The molecule has 54 valence electrons. The molecule has 0 spiro atoms. The van der Waals surface area contributed by atoms with E-state index in [1.807, 2.05) is 0 Å². The molecule has 0 aromatic heterocycles. The Labute approximate surface area is 62.6 Å². The van der Waals surface area contributed by atoms with Crippen LogP contribution in [0.15, 0.2) is 23.3 Å². The Kier molecular flexibility index (Phi) is 1.40. The van der Waals surface area contributed by atoms with Crippen LogP contribution in [0.25, 0.3) is 0 Å². The van der Waals surface area contributed by atoms with Crippen molar-refractivity contribution < 1.29 is 0 Å². The SMILES string of the molecule is C/C=C\C1=C2CCC(C1)C2. The summed E-state index contributed by atoms with van der Waals surface area (Å²) in [6, 6.07) is 0. The molecule has 10 heavy (non-hydrogen) atoms. The minimum Gasteiger partial charge on any atom is -0.0874 e. The molecule has 0 aliphatic heterocycles. The van der Waals surface area contributed by atoms with E-state index < -0.39 is 0 Å².